The number of hydrogen-bond acceptors (Lipinski definition) is 13. The first-order valence-corrected chi connectivity index (χ1v) is 28.5. The number of benzene rings is 4. The lowest BCUT2D eigenvalue weighted by atomic mass is 9.85. The number of anilines is 1. The van der Waals surface area contributed by atoms with Gasteiger partial charge < -0.3 is 45.4 Å². The molecule has 6 heterocycles. The summed E-state index contributed by atoms with van der Waals surface area (Å²) in [5.41, 5.74) is 1.49. The molecule has 4 aliphatic rings. The van der Waals surface area contributed by atoms with Crippen LogP contribution in [0.4, 0.5) is 14.6 Å². The number of carbonyl (C=O) groups is 3. The third-order valence-corrected chi connectivity index (χ3v) is 16.7. The van der Waals surface area contributed by atoms with Gasteiger partial charge in [0.15, 0.2) is 5.82 Å². The summed E-state index contributed by atoms with van der Waals surface area (Å²) in [6, 6.07) is 16.4. The van der Waals surface area contributed by atoms with Gasteiger partial charge in [0.25, 0.3) is 0 Å². The van der Waals surface area contributed by atoms with E-state index in [0.717, 1.165) is 43.4 Å². The lowest BCUT2D eigenvalue weighted by Gasteiger charge is -2.35. The Hall–Kier alpha value is -6.72. The van der Waals surface area contributed by atoms with E-state index < -0.39 is 53.1 Å². The Bertz CT molecular complexity index is 3370. The van der Waals surface area contributed by atoms with Crippen molar-refractivity contribution in [2.45, 2.75) is 115 Å². The second-order valence-electron chi connectivity index (χ2n) is 22.8. The number of amides is 3. The Labute approximate surface area is 479 Å². The number of aliphatic hydroxyl groups excluding tert-OH is 1. The molecule has 0 saturated carbocycles. The maximum absolute atomic E-state index is 17.1. The fourth-order valence-corrected chi connectivity index (χ4v) is 12.5. The number of terminal acetylenes is 1. The molecular formula is C61H67Cl2F2N9O7. The summed E-state index contributed by atoms with van der Waals surface area (Å²) >= 11 is 12.9. The van der Waals surface area contributed by atoms with E-state index in [-0.39, 0.29) is 96.1 Å². The molecule has 5 N–H and O–H groups in total. The zero-order valence-electron chi connectivity index (χ0n) is 45.8. The summed E-state index contributed by atoms with van der Waals surface area (Å²) in [4.78, 5) is 61.4. The fraction of sp³-hybridized carbons (Fsp3) is 0.443. The Balaban J connectivity index is 0.732. The monoisotopic (exact) mass is 1150 g/mol. The highest BCUT2D eigenvalue weighted by atomic mass is 35.5. The number of nitrogens with zero attached hydrogens (tertiary/aromatic N) is 6. The minimum atomic E-state index is -0.987. The van der Waals surface area contributed by atoms with Gasteiger partial charge in [-0.05, 0) is 97.8 Å². The molecule has 16 nitrogen and oxygen atoms in total. The third-order valence-electron chi connectivity index (χ3n) is 16.0. The summed E-state index contributed by atoms with van der Waals surface area (Å²) in [6.45, 7) is 10.9. The van der Waals surface area contributed by atoms with Crippen LogP contribution in [0.5, 0.6) is 11.8 Å². The van der Waals surface area contributed by atoms with Gasteiger partial charge in [-0.2, -0.15) is 9.97 Å². The number of phenolic OH excluding ortho intramolecular Hbond substituents is 1. The molecule has 10 rings (SSSR count). The lowest BCUT2D eigenvalue weighted by Crippen LogP contribution is -2.58. The molecule has 81 heavy (non-hydrogen) atoms. The van der Waals surface area contributed by atoms with E-state index in [2.05, 4.69) is 41.6 Å². The zero-order valence-corrected chi connectivity index (χ0v) is 47.3. The van der Waals surface area contributed by atoms with Crippen molar-refractivity contribution in [1.82, 2.24) is 40.7 Å². The van der Waals surface area contributed by atoms with Gasteiger partial charge in [-0.1, -0.05) is 86.3 Å². The summed E-state index contributed by atoms with van der Waals surface area (Å²) in [6.07, 6.45) is 10.9. The molecule has 2 unspecified atom stereocenters. The van der Waals surface area contributed by atoms with Crippen molar-refractivity contribution < 1.29 is 42.9 Å². The van der Waals surface area contributed by atoms with E-state index in [4.69, 9.17) is 44.1 Å². The van der Waals surface area contributed by atoms with Crippen molar-refractivity contribution in [3.63, 3.8) is 0 Å². The van der Waals surface area contributed by atoms with Crippen LogP contribution in [0.25, 0.3) is 44.1 Å². The number of halogens is 4. The Kier molecular flexibility index (Phi) is 17.3. The Morgan fingerprint density at radius 1 is 0.963 bits per heavy atom. The fourth-order valence-electron chi connectivity index (χ4n) is 11.9. The van der Waals surface area contributed by atoms with Gasteiger partial charge in [0.1, 0.15) is 47.3 Å². The Morgan fingerprint density at radius 3 is 2.42 bits per heavy atom. The first kappa shape index (κ1) is 57.5. The molecule has 0 radical (unpaired) electrons. The molecule has 6 aromatic rings. The summed E-state index contributed by atoms with van der Waals surface area (Å²) in [5.74, 6) is 0.0306. The number of piperazine rings is 1. The van der Waals surface area contributed by atoms with E-state index in [9.17, 15) is 24.6 Å². The summed E-state index contributed by atoms with van der Waals surface area (Å²) in [5, 5.41) is 33.1. The van der Waals surface area contributed by atoms with Crippen LogP contribution in [0.3, 0.4) is 0 Å². The van der Waals surface area contributed by atoms with Gasteiger partial charge in [0.2, 0.25) is 17.7 Å². The molecule has 7 atom stereocenters. The van der Waals surface area contributed by atoms with Crippen LogP contribution in [0.15, 0.2) is 72.9 Å². The highest BCUT2D eigenvalue weighted by Gasteiger charge is 2.45. The SMILES string of the molecule is C#Cc1c(F)ccc2cc(O)cc(-c3ncc4c(N5CC6CCC(C5)N6)nc(OC[C@@H]5CCCN5CCCOCCC(=O)N[C@H](C(=O)N5C[C@H](O)C[C@H]5C(=O)N[C@@H](C)c5ccc(-c6c(Cl)cccc6Cl)cc5)C(C)(C)C)nc4c3F)c12. The smallest absolute Gasteiger partial charge is 0.319 e. The number of fused-ring (bicyclic) bond motifs is 4. The molecule has 0 aliphatic carbocycles. The molecule has 3 amide bonds. The minimum Gasteiger partial charge on any atom is -0.508 e. The van der Waals surface area contributed by atoms with E-state index in [1.54, 1.807) is 18.2 Å². The molecule has 2 aromatic heterocycles. The standard InChI is InChI=1S/C61H67Cl2F2N9O7/c1-6-43-48(64)20-17-37-26-41(75)27-44(51(37)43)54-53(65)55-45(29-66-54)57(73-30-38-18-19-39(31-73)68-38)71-60(70-55)81-33-40-10-8-22-72(40)23-9-24-80-25-21-50(77)69-56(61(3,4)5)59(79)74-32-42(76)28-49(74)58(78)67-34(2)35-13-15-36(16-14-35)52-46(62)11-7-12-47(52)63/h1,7,11-17,20,26-27,29,34,38-40,42,49,56,68,75-76H,8-10,18-19,21-25,28,30-33H2,2-5H3,(H,67,78)(H,69,77)/t34-,38?,39?,40-,42+,49-,56+/m0/s1. The number of phenols is 1. The van der Waals surface area contributed by atoms with Crippen LogP contribution in [0, 0.1) is 29.4 Å². The Morgan fingerprint density at radius 2 is 1.70 bits per heavy atom. The predicted octanol–water partition coefficient (Wildman–Crippen LogP) is 8.73. The normalized spacial score (nSPS) is 20.9. The quantitative estimate of drug-likeness (QED) is 0.0406. The van der Waals surface area contributed by atoms with E-state index >= 15 is 8.78 Å². The average Bonchev–Trinajstić information content (AvgIpc) is 4.13. The first-order chi connectivity index (χ1) is 38.8. The maximum Gasteiger partial charge on any atom is 0.319 e. The molecule has 4 fully saturated rings. The van der Waals surface area contributed by atoms with Gasteiger partial charge in [-0.3, -0.25) is 24.3 Å². The maximum atomic E-state index is 17.1. The summed E-state index contributed by atoms with van der Waals surface area (Å²) in [7, 11) is 0. The van der Waals surface area contributed by atoms with Gasteiger partial charge in [0.05, 0.1) is 29.7 Å². The second kappa shape index (κ2) is 24.4. The number of ether oxygens (including phenoxy) is 2. The summed E-state index contributed by atoms with van der Waals surface area (Å²) < 4.78 is 44.5. The molecular weight excluding hydrogens is 1080 g/mol. The van der Waals surface area contributed by atoms with Crippen molar-refractivity contribution >= 4 is 68.4 Å². The zero-order chi connectivity index (χ0) is 57.3. The number of rotatable bonds is 18. The average molecular weight is 1150 g/mol. The van der Waals surface area contributed by atoms with Gasteiger partial charge in [0, 0.05) is 96.5 Å². The minimum absolute atomic E-state index is 0.00161. The van der Waals surface area contributed by atoms with Crippen molar-refractivity contribution in [2.75, 3.05) is 57.4 Å². The number of pyridine rings is 1. The number of aromatic hydroxyl groups is 1. The van der Waals surface area contributed by atoms with Crippen LogP contribution in [-0.4, -0.2) is 142 Å². The lowest BCUT2D eigenvalue weighted by molar-refractivity contribution is -0.144. The molecule has 20 heteroatoms. The number of aromatic nitrogens is 3. The number of carbonyl (C=O) groups excluding carboxylic acids is 3. The van der Waals surface area contributed by atoms with Gasteiger partial charge in [-0.15, -0.1) is 6.42 Å². The molecule has 4 saturated heterocycles. The number of aliphatic hydroxyl groups is 1. The van der Waals surface area contributed by atoms with Crippen LogP contribution >= 0.6 is 23.2 Å². The number of nitrogens with one attached hydrogen (secondary N) is 3. The topological polar surface area (TPSA) is 195 Å². The molecule has 0 spiro atoms. The number of likely N-dealkylation sites (tertiary alicyclic amines) is 2. The van der Waals surface area contributed by atoms with Crippen LogP contribution < -0.4 is 25.6 Å². The predicted molar refractivity (Wildman–Crippen MR) is 308 cm³/mol. The van der Waals surface area contributed by atoms with Crippen molar-refractivity contribution in [3.05, 3.63) is 106 Å². The highest BCUT2D eigenvalue weighted by molar-refractivity contribution is 6.39. The van der Waals surface area contributed by atoms with Crippen molar-refractivity contribution in [2.24, 2.45) is 5.41 Å². The van der Waals surface area contributed by atoms with Gasteiger partial charge >= 0.3 is 6.01 Å². The highest BCUT2D eigenvalue weighted by Crippen LogP contribution is 2.40. The largest absolute Gasteiger partial charge is 0.508 e. The second-order valence-corrected chi connectivity index (χ2v) is 23.6. The molecule has 426 valence electrons. The molecule has 4 aliphatic heterocycles. The number of hydrogen-bond donors (Lipinski definition) is 5. The van der Waals surface area contributed by atoms with Crippen LogP contribution in [0.1, 0.15) is 89.8 Å². The first-order valence-electron chi connectivity index (χ1n) is 27.7. The van der Waals surface area contributed by atoms with Crippen molar-refractivity contribution in [1.29, 1.82) is 0 Å². The molecule has 4 aromatic carbocycles. The van der Waals surface area contributed by atoms with E-state index in [0.29, 0.717) is 64.9 Å². The van der Waals surface area contributed by atoms with Crippen LogP contribution in [0.2, 0.25) is 10.0 Å². The van der Waals surface area contributed by atoms with E-state index in [1.807, 2.05) is 52.0 Å². The van der Waals surface area contributed by atoms with E-state index in [1.165, 1.54) is 35.4 Å². The van der Waals surface area contributed by atoms with Crippen LogP contribution in [-0.2, 0) is 19.1 Å². The number of β-amino-alcohol motifs (C(OH)–C–C–N with tert-alkyl or cyclic N) is 1. The third kappa shape index (κ3) is 12.5. The van der Waals surface area contributed by atoms with Gasteiger partial charge in [-0.25, -0.2) is 8.78 Å². The molecule has 2 bridgehead atoms. The van der Waals surface area contributed by atoms with Crippen molar-refractivity contribution in [3.8, 4) is 46.5 Å².